The zero-order chi connectivity index (χ0) is 17.6. The summed E-state index contributed by atoms with van der Waals surface area (Å²) in [7, 11) is 3.58. The minimum absolute atomic E-state index is 0.195. The van der Waals surface area contributed by atoms with Crippen LogP contribution in [0, 0.1) is 0 Å². The van der Waals surface area contributed by atoms with E-state index >= 15 is 0 Å². The number of hydrogen-bond donors (Lipinski definition) is 0. The maximum atomic E-state index is 12.4. The monoisotopic (exact) mass is 360 g/mol. The molecule has 1 aliphatic heterocycles. The van der Waals surface area contributed by atoms with Gasteiger partial charge in [0, 0.05) is 25.7 Å². The summed E-state index contributed by atoms with van der Waals surface area (Å²) in [6.45, 7) is 1.77. The summed E-state index contributed by atoms with van der Waals surface area (Å²) in [4.78, 5) is 14.4. The molecule has 3 rings (SSSR count). The SMILES string of the molecule is COc1ccc(-c2nnc(SCC(=O)N3CCCCCC3)n2C)cc1. The molecule has 1 aliphatic rings. The highest BCUT2D eigenvalue weighted by molar-refractivity contribution is 7.99. The Morgan fingerprint density at radius 3 is 2.44 bits per heavy atom. The van der Waals surface area contributed by atoms with Crippen molar-refractivity contribution >= 4 is 17.7 Å². The van der Waals surface area contributed by atoms with Crippen LogP contribution < -0.4 is 4.74 Å². The van der Waals surface area contributed by atoms with E-state index in [9.17, 15) is 4.79 Å². The van der Waals surface area contributed by atoms with Gasteiger partial charge in [-0.2, -0.15) is 0 Å². The second-order valence-electron chi connectivity index (χ2n) is 6.18. The van der Waals surface area contributed by atoms with Crippen molar-refractivity contribution in [2.24, 2.45) is 7.05 Å². The smallest absolute Gasteiger partial charge is 0.233 e. The Kier molecular flexibility index (Phi) is 5.96. The second kappa shape index (κ2) is 8.38. The van der Waals surface area contributed by atoms with Gasteiger partial charge in [-0.25, -0.2) is 0 Å². The molecular weight excluding hydrogens is 336 g/mol. The standard InChI is InChI=1S/C18H24N4O2S/c1-21-17(14-7-9-15(24-2)10-8-14)19-20-18(21)25-13-16(23)22-11-5-3-4-6-12-22/h7-10H,3-6,11-13H2,1-2H3. The van der Waals surface area contributed by atoms with Crippen LogP contribution in [0.3, 0.4) is 0 Å². The Labute approximate surface area is 152 Å². The first-order chi connectivity index (χ1) is 12.2. The molecule has 1 saturated heterocycles. The van der Waals surface area contributed by atoms with Gasteiger partial charge in [-0.1, -0.05) is 24.6 Å². The molecule has 25 heavy (non-hydrogen) atoms. The van der Waals surface area contributed by atoms with Crippen molar-refractivity contribution in [3.05, 3.63) is 24.3 Å². The van der Waals surface area contributed by atoms with Gasteiger partial charge in [-0.3, -0.25) is 4.79 Å². The van der Waals surface area contributed by atoms with E-state index < -0.39 is 0 Å². The molecule has 0 aliphatic carbocycles. The van der Waals surface area contributed by atoms with Crippen molar-refractivity contribution < 1.29 is 9.53 Å². The number of thioether (sulfide) groups is 1. The first kappa shape index (κ1) is 17.8. The van der Waals surface area contributed by atoms with Crippen molar-refractivity contribution in [3.8, 4) is 17.1 Å². The largest absolute Gasteiger partial charge is 0.497 e. The summed E-state index contributed by atoms with van der Waals surface area (Å²) < 4.78 is 7.12. The van der Waals surface area contributed by atoms with Gasteiger partial charge in [0.2, 0.25) is 5.91 Å². The number of ether oxygens (including phenoxy) is 1. The van der Waals surface area contributed by atoms with Crippen LogP contribution in [-0.2, 0) is 11.8 Å². The number of hydrogen-bond acceptors (Lipinski definition) is 5. The molecule has 0 N–H and O–H groups in total. The van der Waals surface area contributed by atoms with E-state index in [4.69, 9.17) is 4.74 Å². The summed E-state index contributed by atoms with van der Waals surface area (Å²) in [5.41, 5.74) is 0.974. The van der Waals surface area contributed by atoms with Crippen molar-refractivity contribution in [2.75, 3.05) is 26.0 Å². The molecule has 2 aromatic rings. The molecule has 0 saturated carbocycles. The number of carbonyl (C=O) groups excluding carboxylic acids is 1. The first-order valence-electron chi connectivity index (χ1n) is 8.63. The maximum Gasteiger partial charge on any atom is 0.233 e. The summed E-state index contributed by atoms with van der Waals surface area (Å²) in [6, 6.07) is 7.72. The molecule has 0 spiro atoms. The fourth-order valence-electron chi connectivity index (χ4n) is 2.97. The van der Waals surface area contributed by atoms with Crippen LogP contribution in [0.4, 0.5) is 0 Å². The lowest BCUT2D eigenvalue weighted by atomic mass is 10.2. The Morgan fingerprint density at radius 2 is 1.80 bits per heavy atom. The predicted molar refractivity (Wildman–Crippen MR) is 98.8 cm³/mol. The van der Waals surface area contributed by atoms with Gasteiger partial charge in [-0.15, -0.1) is 10.2 Å². The third kappa shape index (κ3) is 4.34. The van der Waals surface area contributed by atoms with Gasteiger partial charge in [-0.05, 0) is 37.1 Å². The van der Waals surface area contributed by atoms with Crippen LogP contribution in [-0.4, -0.2) is 51.5 Å². The molecule has 0 bridgehead atoms. The van der Waals surface area contributed by atoms with E-state index in [2.05, 4.69) is 10.2 Å². The summed E-state index contributed by atoms with van der Waals surface area (Å²) in [5, 5.41) is 9.28. The lowest BCUT2D eigenvalue weighted by Crippen LogP contribution is -2.33. The van der Waals surface area contributed by atoms with Crippen LogP contribution in [0.5, 0.6) is 5.75 Å². The maximum absolute atomic E-state index is 12.4. The average Bonchev–Trinajstić information content (AvgIpc) is 2.85. The molecule has 2 heterocycles. The van der Waals surface area contributed by atoms with Crippen LogP contribution >= 0.6 is 11.8 Å². The quantitative estimate of drug-likeness (QED) is 0.767. The van der Waals surface area contributed by atoms with Crippen molar-refractivity contribution in [3.63, 3.8) is 0 Å². The fraction of sp³-hybridized carbons (Fsp3) is 0.500. The van der Waals surface area contributed by atoms with E-state index in [0.717, 1.165) is 48.2 Å². The molecule has 1 fully saturated rings. The van der Waals surface area contributed by atoms with E-state index in [1.165, 1.54) is 24.6 Å². The van der Waals surface area contributed by atoms with Gasteiger partial charge >= 0.3 is 0 Å². The molecule has 0 atom stereocenters. The molecule has 7 heteroatoms. The lowest BCUT2D eigenvalue weighted by molar-refractivity contribution is -0.128. The van der Waals surface area contributed by atoms with E-state index in [-0.39, 0.29) is 5.91 Å². The minimum atomic E-state index is 0.195. The number of amides is 1. The third-order valence-electron chi connectivity index (χ3n) is 4.47. The van der Waals surface area contributed by atoms with Crippen molar-refractivity contribution in [1.29, 1.82) is 0 Å². The second-order valence-corrected chi connectivity index (χ2v) is 7.12. The summed E-state index contributed by atoms with van der Waals surface area (Å²) in [5.74, 6) is 2.20. The van der Waals surface area contributed by atoms with Crippen LogP contribution in [0.25, 0.3) is 11.4 Å². The van der Waals surface area contributed by atoms with Crippen molar-refractivity contribution in [1.82, 2.24) is 19.7 Å². The number of nitrogens with zero attached hydrogens (tertiary/aromatic N) is 4. The zero-order valence-electron chi connectivity index (χ0n) is 14.8. The first-order valence-corrected chi connectivity index (χ1v) is 9.62. The predicted octanol–water partition coefficient (Wildman–Crippen LogP) is 2.99. The van der Waals surface area contributed by atoms with Crippen molar-refractivity contribution in [2.45, 2.75) is 30.8 Å². The van der Waals surface area contributed by atoms with Gasteiger partial charge in [0.1, 0.15) is 5.75 Å². The Morgan fingerprint density at radius 1 is 1.12 bits per heavy atom. The molecular formula is C18H24N4O2S. The normalized spacial score (nSPS) is 15.0. The Balaban J connectivity index is 1.63. The summed E-state index contributed by atoms with van der Waals surface area (Å²) in [6.07, 6.45) is 4.68. The number of likely N-dealkylation sites (tertiary alicyclic amines) is 1. The van der Waals surface area contributed by atoms with Crippen LogP contribution in [0.1, 0.15) is 25.7 Å². The minimum Gasteiger partial charge on any atom is -0.497 e. The van der Waals surface area contributed by atoms with Crippen LogP contribution in [0.15, 0.2) is 29.4 Å². The number of rotatable bonds is 5. The number of carbonyl (C=O) groups is 1. The topological polar surface area (TPSA) is 60.3 Å². The third-order valence-corrected chi connectivity index (χ3v) is 5.47. The Hall–Kier alpha value is -2.02. The highest BCUT2D eigenvalue weighted by atomic mass is 32.2. The van der Waals surface area contributed by atoms with E-state index in [1.807, 2.05) is 40.8 Å². The van der Waals surface area contributed by atoms with Gasteiger partial charge in [0.05, 0.1) is 12.9 Å². The molecule has 134 valence electrons. The molecule has 6 nitrogen and oxygen atoms in total. The van der Waals surface area contributed by atoms with Gasteiger partial charge in [0.25, 0.3) is 0 Å². The number of aromatic nitrogens is 3. The number of methoxy groups -OCH3 is 1. The summed E-state index contributed by atoms with van der Waals surface area (Å²) >= 11 is 1.45. The molecule has 1 amide bonds. The van der Waals surface area contributed by atoms with Gasteiger partial charge < -0.3 is 14.2 Å². The van der Waals surface area contributed by atoms with Crippen LogP contribution in [0.2, 0.25) is 0 Å². The number of benzene rings is 1. The molecule has 0 unspecified atom stereocenters. The highest BCUT2D eigenvalue weighted by Gasteiger charge is 2.18. The van der Waals surface area contributed by atoms with Gasteiger partial charge in [0.15, 0.2) is 11.0 Å². The lowest BCUT2D eigenvalue weighted by Gasteiger charge is -2.19. The molecule has 0 radical (unpaired) electrons. The van der Waals surface area contributed by atoms with E-state index in [0.29, 0.717) is 5.75 Å². The Bertz CT molecular complexity index is 706. The fourth-order valence-corrected chi connectivity index (χ4v) is 3.78. The zero-order valence-corrected chi connectivity index (χ0v) is 15.6. The average molecular weight is 360 g/mol. The molecule has 1 aromatic carbocycles. The highest BCUT2D eigenvalue weighted by Crippen LogP contribution is 2.24. The molecule has 1 aromatic heterocycles. The van der Waals surface area contributed by atoms with E-state index in [1.54, 1.807) is 7.11 Å².